The minimum Gasteiger partial charge on any atom is -0.377 e. The van der Waals surface area contributed by atoms with Crippen LogP contribution in [0.1, 0.15) is 90.0 Å². The molecule has 0 aliphatic carbocycles. The molecular formula is C25H44O4PS+. The van der Waals surface area contributed by atoms with Crippen LogP contribution in [0.25, 0.3) is 0 Å². The Morgan fingerprint density at radius 2 is 1.65 bits per heavy atom. The van der Waals surface area contributed by atoms with Crippen molar-refractivity contribution in [3.63, 3.8) is 0 Å². The van der Waals surface area contributed by atoms with Crippen molar-refractivity contribution in [2.75, 3.05) is 19.0 Å². The highest BCUT2D eigenvalue weighted by Gasteiger charge is 2.18. The number of thioether (sulfide) groups is 1. The molecule has 0 fully saturated rings. The monoisotopic (exact) mass is 471 g/mol. The van der Waals surface area contributed by atoms with Gasteiger partial charge < -0.3 is 4.74 Å². The van der Waals surface area contributed by atoms with Gasteiger partial charge in [-0.3, -0.25) is 0 Å². The molecule has 0 spiro atoms. The molecule has 1 N–H and O–H groups in total. The summed E-state index contributed by atoms with van der Waals surface area (Å²) in [4.78, 5) is 8.68. The number of rotatable bonds is 21. The number of hydrogen-bond acceptors (Lipinski definition) is 4. The van der Waals surface area contributed by atoms with Crippen LogP contribution in [0.2, 0.25) is 0 Å². The first kappa shape index (κ1) is 28.6. The molecule has 0 saturated heterocycles. The van der Waals surface area contributed by atoms with Gasteiger partial charge in [0.05, 0.1) is 6.10 Å². The zero-order chi connectivity index (χ0) is 22.6. The highest BCUT2D eigenvalue weighted by atomic mass is 32.2. The van der Waals surface area contributed by atoms with Gasteiger partial charge in [-0.05, 0) is 50.3 Å². The Morgan fingerprint density at radius 1 is 0.935 bits per heavy atom. The van der Waals surface area contributed by atoms with Crippen molar-refractivity contribution in [3.8, 4) is 0 Å². The molecule has 6 heteroatoms. The van der Waals surface area contributed by atoms with Gasteiger partial charge in [0.15, 0.2) is 0 Å². The van der Waals surface area contributed by atoms with Gasteiger partial charge in [-0.1, -0.05) is 82.2 Å². The van der Waals surface area contributed by atoms with Gasteiger partial charge in [-0.2, -0.15) is 11.8 Å². The lowest BCUT2D eigenvalue weighted by molar-refractivity contribution is 0.0543. The highest BCUT2D eigenvalue weighted by Crippen LogP contribution is 2.25. The third-order valence-corrected chi connectivity index (χ3v) is 7.50. The topological polar surface area (TPSA) is 55.8 Å². The van der Waals surface area contributed by atoms with Crippen LogP contribution in [-0.4, -0.2) is 35.2 Å². The molecule has 1 aromatic carbocycles. The summed E-state index contributed by atoms with van der Waals surface area (Å²) in [5.74, 6) is 1.20. The van der Waals surface area contributed by atoms with Crippen molar-refractivity contribution in [2.24, 2.45) is 0 Å². The van der Waals surface area contributed by atoms with E-state index in [1.807, 2.05) is 0 Å². The van der Waals surface area contributed by atoms with Crippen LogP contribution in [0, 0.1) is 0 Å². The van der Waals surface area contributed by atoms with Crippen LogP contribution in [0.4, 0.5) is 0 Å². The van der Waals surface area contributed by atoms with E-state index in [0.29, 0.717) is 18.3 Å². The van der Waals surface area contributed by atoms with Gasteiger partial charge in [0.1, 0.15) is 6.61 Å². The minimum absolute atomic E-state index is 0.206. The molecule has 0 aromatic heterocycles. The van der Waals surface area contributed by atoms with E-state index in [4.69, 9.17) is 14.2 Å². The molecule has 4 nitrogen and oxygen atoms in total. The Balaban J connectivity index is 2.21. The summed E-state index contributed by atoms with van der Waals surface area (Å²) in [5.41, 5.74) is 1.45. The van der Waals surface area contributed by atoms with Crippen molar-refractivity contribution in [2.45, 2.75) is 102 Å². The number of hydrogen-bond donors (Lipinski definition) is 1. The van der Waals surface area contributed by atoms with Crippen LogP contribution >= 0.6 is 20.0 Å². The maximum Gasteiger partial charge on any atom is 0.694 e. The maximum atomic E-state index is 10.6. The molecule has 0 aliphatic heterocycles. The van der Waals surface area contributed by atoms with Crippen molar-refractivity contribution in [1.29, 1.82) is 0 Å². The fourth-order valence-corrected chi connectivity index (χ4v) is 5.29. The third-order valence-electron chi connectivity index (χ3n) is 5.52. The Hall–Kier alpha value is -0.450. The summed E-state index contributed by atoms with van der Waals surface area (Å²) in [6, 6.07) is 10.8. The Morgan fingerprint density at radius 3 is 2.39 bits per heavy atom. The molecule has 1 aromatic rings. The zero-order valence-corrected chi connectivity index (χ0v) is 21.4. The lowest BCUT2D eigenvalue weighted by Crippen LogP contribution is -2.24. The first-order valence-electron chi connectivity index (χ1n) is 12.2. The smallest absolute Gasteiger partial charge is 0.377 e. The van der Waals surface area contributed by atoms with Gasteiger partial charge in [0, 0.05) is 16.4 Å². The standard InChI is InChI=1S/C25H43O4PS/c1-3-4-5-6-13-19-25(23(2)28-20-15-21-29-30(26)27)31-22-14-8-7-10-16-24-17-11-9-12-18-24/h9,11-12,17-18,23,25H,3-8,10,13-16,19-22H2,1-2H3/p+1/t23?,25-/m0/s1. The average molecular weight is 472 g/mol. The normalized spacial score (nSPS) is 13.8. The second-order valence-electron chi connectivity index (χ2n) is 8.26. The quantitative estimate of drug-likeness (QED) is 0.147. The Labute approximate surface area is 195 Å². The molecule has 1 rings (SSSR count). The van der Waals surface area contributed by atoms with Crippen LogP contribution in [0.5, 0.6) is 0 Å². The van der Waals surface area contributed by atoms with Crippen molar-refractivity contribution in [3.05, 3.63) is 35.9 Å². The number of ether oxygens (including phenoxy) is 1. The molecule has 3 atom stereocenters. The van der Waals surface area contributed by atoms with Crippen molar-refractivity contribution < 1.29 is 18.7 Å². The average Bonchev–Trinajstić information content (AvgIpc) is 2.77. The van der Waals surface area contributed by atoms with Crippen molar-refractivity contribution in [1.82, 2.24) is 0 Å². The zero-order valence-electron chi connectivity index (χ0n) is 19.7. The molecule has 178 valence electrons. The van der Waals surface area contributed by atoms with Crippen molar-refractivity contribution >= 4 is 20.0 Å². The summed E-state index contributed by atoms with van der Waals surface area (Å²) in [6.45, 7) is 5.29. The third kappa shape index (κ3) is 16.8. The molecule has 31 heavy (non-hydrogen) atoms. The van der Waals surface area contributed by atoms with E-state index < -0.39 is 8.25 Å². The summed E-state index contributed by atoms with van der Waals surface area (Å²) in [5, 5.41) is 0.529. The van der Waals surface area contributed by atoms with E-state index in [2.05, 4.69) is 55.9 Å². The predicted molar refractivity (Wildman–Crippen MR) is 134 cm³/mol. The van der Waals surface area contributed by atoms with Crippen LogP contribution < -0.4 is 0 Å². The summed E-state index contributed by atoms with van der Waals surface area (Å²) in [6.07, 6.45) is 14.9. The summed E-state index contributed by atoms with van der Waals surface area (Å²) >= 11 is 2.07. The molecule has 0 heterocycles. The predicted octanol–water partition coefficient (Wildman–Crippen LogP) is 7.71. The first-order chi connectivity index (χ1) is 15.1. The number of aryl methyl sites for hydroxylation is 1. The largest absolute Gasteiger partial charge is 0.694 e. The van der Waals surface area contributed by atoms with Gasteiger partial charge in [-0.25, -0.2) is 0 Å². The van der Waals surface area contributed by atoms with E-state index >= 15 is 0 Å². The summed E-state index contributed by atoms with van der Waals surface area (Å²) < 4.78 is 21.3. The van der Waals surface area contributed by atoms with E-state index in [1.54, 1.807) is 0 Å². The molecule has 0 aliphatic rings. The van der Waals surface area contributed by atoms with Crippen LogP contribution in [0.3, 0.4) is 0 Å². The lowest BCUT2D eigenvalue weighted by atomic mass is 10.1. The van der Waals surface area contributed by atoms with Gasteiger partial charge >= 0.3 is 8.25 Å². The molecule has 2 unspecified atom stereocenters. The molecular weight excluding hydrogens is 427 g/mol. The molecule has 0 amide bonds. The Bertz CT molecular complexity index is 544. The number of benzene rings is 1. The van der Waals surface area contributed by atoms with Gasteiger partial charge in [0.2, 0.25) is 0 Å². The minimum atomic E-state index is -2.50. The Kier molecular flexibility index (Phi) is 18.6. The lowest BCUT2D eigenvalue weighted by Gasteiger charge is -2.24. The van der Waals surface area contributed by atoms with Crippen LogP contribution in [0.15, 0.2) is 30.3 Å². The van der Waals surface area contributed by atoms with Crippen LogP contribution in [-0.2, 0) is 20.2 Å². The first-order valence-corrected chi connectivity index (χ1v) is 14.4. The SMILES string of the molecule is CCCCCCC[C@H](SCCCCCCc1ccccc1)C(C)OCCCO[P+](=O)O. The van der Waals surface area contributed by atoms with E-state index in [1.165, 1.54) is 81.9 Å². The van der Waals surface area contributed by atoms with E-state index in [-0.39, 0.29) is 12.7 Å². The highest BCUT2D eigenvalue weighted by molar-refractivity contribution is 7.99. The second kappa shape index (κ2) is 20.2. The second-order valence-corrected chi connectivity index (χ2v) is 10.3. The summed E-state index contributed by atoms with van der Waals surface area (Å²) in [7, 11) is -2.50. The van der Waals surface area contributed by atoms with Gasteiger partial charge in [-0.15, -0.1) is 9.42 Å². The molecule has 0 bridgehead atoms. The van der Waals surface area contributed by atoms with E-state index in [9.17, 15) is 4.57 Å². The fraction of sp³-hybridized carbons (Fsp3) is 0.760. The van der Waals surface area contributed by atoms with E-state index in [0.717, 1.165) is 0 Å². The number of unbranched alkanes of at least 4 members (excludes halogenated alkanes) is 7. The maximum absolute atomic E-state index is 10.6. The fourth-order valence-electron chi connectivity index (χ4n) is 3.64. The molecule has 0 saturated carbocycles. The van der Waals surface area contributed by atoms with Gasteiger partial charge in [0.25, 0.3) is 0 Å². The molecule has 0 radical (unpaired) electrons.